The summed E-state index contributed by atoms with van der Waals surface area (Å²) in [5.74, 6) is 4.67. The zero-order valence-electron chi connectivity index (χ0n) is 28.0. The van der Waals surface area contributed by atoms with E-state index in [4.69, 9.17) is 14.5 Å². The number of nitrogens with zero attached hydrogens (tertiary/aromatic N) is 6. The van der Waals surface area contributed by atoms with E-state index in [9.17, 15) is 23.6 Å². The standard InChI is InChI=1S/C33H44FN7O6/c1-7-9-11-12-19-46-29(43)23-15-16-25(34)36-24(23)21-41-28(42)26-27(38(6)32(41)45)37-30(40(26)18-10-8-2)39-17-13-14-22(20-39)35-31(44)47-33(3,4)5/h15-16,22H,7,9,11-14,17-21H2,1-6H3,(H,35,44)/t22-/m1/s1. The van der Waals surface area contributed by atoms with Crippen molar-refractivity contribution in [3.63, 3.8) is 0 Å². The van der Waals surface area contributed by atoms with Crippen LogP contribution in [0.1, 0.15) is 89.2 Å². The molecule has 0 unspecified atom stereocenters. The minimum absolute atomic E-state index is 0.0289. The molecule has 47 heavy (non-hydrogen) atoms. The van der Waals surface area contributed by atoms with Crippen molar-refractivity contribution in [1.82, 2.24) is 29.0 Å². The molecule has 0 radical (unpaired) electrons. The largest absolute Gasteiger partial charge is 0.462 e. The average molecular weight is 654 g/mol. The van der Waals surface area contributed by atoms with E-state index in [-0.39, 0.29) is 41.6 Å². The number of carbonyl (C=O) groups excluding carboxylic acids is 2. The van der Waals surface area contributed by atoms with E-state index in [1.54, 1.807) is 32.3 Å². The molecule has 1 fully saturated rings. The Bertz CT molecular complexity index is 1790. The second kappa shape index (κ2) is 15.3. The van der Waals surface area contributed by atoms with Gasteiger partial charge in [0.25, 0.3) is 5.56 Å². The van der Waals surface area contributed by atoms with E-state index in [1.807, 2.05) is 4.90 Å². The third-order valence-electron chi connectivity index (χ3n) is 7.75. The van der Waals surface area contributed by atoms with Crippen molar-refractivity contribution in [1.29, 1.82) is 0 Å². The van der Waals surface area contributed by atoms with E-state index >= 15 is 0 Å². The molecule has 1 aliphatic rings. The Kier molecular flexibility index (Phi) is 11.4. The number of pyridine rings is 1. The van der Waals surface area contributed by atoms with Gasteiger partial charge in [0, 0.05) is 26.2 Å². The van der Waals surface area contributed by atoms with Gasteiger partial charge in [0.15, 0.2) is 11.2 Å². The fourth-order valence-corrected chi connectivity index (χ4v) is 5.50. The number of unbranched alkanes of at least 4 members (excludes halogenated alkanes) is 3. The molecule has 4 rings (SSSR count). The fourth-order valence-electron chi connectivity index (χ4n) is 5.50. The van der Waals surface area contributed by atoms with Crippen LogP contribution in [0.3, 0.4) is 0 Å². The van der Waals surface area contributed by atoms with Gasteiger partial charge in [0.1, 0.15) is 5.60 Å². The van der Waals surface area contributed by atoms with Crippen molar-refractivity contribution >= 4 is 29.2 Å². The molecule has 13 nitrogen and oxygen atoms in total. The van der Waals surface area contributed by atoms with Gasteiger partial charge in [-0.15, -0.1) is 5.92 Å². The van der Waals surface area contributed by atoms with Crippen LogP contribution in [0.2, 0.25) is 0 Å². The van der Waals surface area contributed by atoms with Gasteiger partial charge in [0.2, 0.25) is 11.9 Å². The Hall–Kier alpha value is -4.67. The van der Waals surface area contributed by atoms with Crippen molar-refractivity contribution in [2.45, 2.75) is 97.9 Å². The molecule has 4 heterocycles. The lowest BCUT2D eigenvalue weighted by atomic mass is 10.1. The van der Waals surface area contributed by atoms with E-state index < -0.39 is 41.4 Å². The summed E-state index contributed by atoms with van der Waals surface area (Å²) in [5, 5.41) is 2.92. The maximum atomic E-state index is 14.3. The van der Waals surface area contributed by atoms with Crippen LogP contribution in [0.15, 0.2) is 21.7 Å². The number of halogens is 1. The Morgan fingerprint density at radius 1 is 1.13 bits per heavy atom. The predicted molar refractivity (Wildman–Crippen MR) is 175 cm³/mol. The van der Waals surface area contributed by atoms with Crippen molar-refractivity contribution in [3.8, 4) is 11.8 Å². The van der Waals surface area contributed by atoms with Gasteiger partial charge in [-0.05, 0) is 59.1 Å². The third kappa shape index (κ3) is 8.58. The number of imidazole rings is 1. The summed E-state index contributed by atoms with van der Waals surface area (Å²) in [4.78, 5) is 63.6. The van der Waals surface area contributed by atoms with Crippen LogP contribution in [-0.2, 0) is 29.6 Å². The van der Waals surface area contributed by atoms with Crippen LogP contribution in [-0.4, -0.2) is 67.1 Å². The van der Waals surface area contributed by atoms with Gasteiger partial charge >= 0.3 is 17.8 Å². The minimum atomic E-state index is -0.865. The lowest BCUT2D eigenvalue weighted by Crippen LogP contribution is -2.49. The van der Waals surface area contributed by atoms with Gasteiger partial charge in [-0.2, -0.15) is 9.37 Å². The molecule has 1 amide bonds. The number of rotatable bonds is 11. The molecule has 1 aliphatic heterocycles. The Labute approximate surface area is 273 Å². The monoisotopic (exact) mass is 653 g/mol. The molecule has 1 N–H and O–H groups in total. The van der Waals surface area contributed by atoms with Crippen LogP contribution in [0, 0.1) is 17.8 Å². The molecule has 14 heteroatoms. The number of alkyl carbamates (subject to hydrolysis) is 1. The molecule has 1 saturated heterocycles. The van der Waals surface area contributed by atoms with Gasteiger partial charge in [-0.25, -0.2) is 19.4 Å². The Morgan fingerprint density at radius 2 is 1.89 bits per heavy atom. The lowest BCUT2D eigenvalue weighted by molar-refractivity contribution is 0.0487. The van der Waals surface area contributed by atoms with Gasteiger partial charge in [-0.3, -0.25) is 18.5 Å². The molecule has 0 aliphatic carbocycles. The van der Waals surface area contributed by atoms with Crippen molar-refractivity contribution in [3.05, 3.63) is 50.2 Å². The van der Waals surface area contributed by atoms with Gasteiger partial charge in [-0.1, -0.05) is 32.1 Å². The first-order valence-electron chi connectivity index (χ1n) is 16.0. The third-order valence-corrected chi connectivity index (χ3v) is 7.75. The van der Waals surface area contributed by atoms with E-state index in [1.165, 1.54) is 17.7 Å². The number of anilines is 1. The number of fused-ring (bicyclic) bond motifs is 1. The number of esters is 1. The molecule has 254 valence electrons. The number of amides is 1. The summed E-state index contributed by atoms with van der Waals surface area (Å²) in [7, 11) is 1.49. The zero-order valence-corrected chi connectivity index (χ0v) is 28.0. The first-order chi connectivity index (χ1) is 22.3. The molecule has 0 aromatic carbocycles. The van der Waals surface area contributed by atoms with Crippen molar-refractivity contribution in [2.75, 3.05) is 24.6 Å². The van der Waals surface area contributed by atoms with Crippen molar-refractivity contribution < 1.29 is 23.5 Å². The number of hydrogen-bond donors (Lipinski definition) is 1. The molecule has 1 atom stereocenters. The molecular formula is C33H44FN7O6. The zero-order chi connectivity index (χ0) is 34.3. The van der Waals surface area contributed by atoms with Crippen molar-refractivity contribution in [2.24, 2.45) is 7.05 Å². The van der Waals surface area contributed by atoms with Gasteiger partial charge < -0.3 is 19.7 Å². The number of piperidine rings is 1. The normalized spacial score (nSPS) is 14.9. The quantitative estimate of drug-likeness (QED) is 0.142. The minimum Gasteiger partial charge on any atom is -0.462 e. The second-order valence-electron chi connectivity index (χ2n) is 12.6. The first-order valence-corrected chi connectivity index (χ1v) is 16.0. The topological polar surface area (TPSA) is 143 Å². The smallest absolute Gasteiger partial charge is 0.407 e. The van der Waals surface area contributed by atoms with Crippen LogP contribution < -0.4 is 21.5 Å². The maximum absolute atomic E-state index is 14.3. The highest BCUT2D eigenvalue weighted by Gasteiger charge is 2.29. The Balaban J connectivity index is 1.71. The summed E-state index contributed by atoms with van der Waals surface area (Å²) in [6, 6.07) is 2.04. The highest BCUT2D eigenvalue weighted by molar-refractivity contribution is 5.90. The van der Waals surface area contributed by atoms with Gasteiger partial charge in [0.05, 0.1) is 31.0 Å². The fraction of sp³-hybridized carbons (Fsp3) is 0.576. The Morgan fingerprint density at radius 3 is 2.60 bits per heavy atom. The average Bonchev–Trinajstić information content (AvgIpc) is 3.40. The van der Waals surface area contributed by atoms with E-state index in [2.05, 4.69) is 29.1 Å². The number of ether oxygens (including phenoxy) is 2. The summed E-state index contributed by atoms with van der Waals surface area (Å²) in [5.41, 5.74) is -1.92. The molecule has 3 aromatic rings. The highest BCUT2D eigenvalue weighted by Crippen LogP contribution is 2.24. The van der Waals surface area contributed by atoms with Crippen LogP contribution >= 0.6 is 0 Å². The summed E-state index contributed by atoms with van der Waals surface area (Å²) in [6.45, 7) is 9.93. The lowest BCUT2D eigenvalue weighted by Gasteiger charge is -2.34. The summed E-state index contributed by atoms with van der Waals surface area (Å²) in [6.07, 6.45) is 4.56. The molecular weight excluding hydrogens is 609 g/mol. The highest BCUT2D eigenvalue weighted by atomic mass is 19.1. The van der Waals surface area contributed by atoms with Crippen LogP contribution in [0.25, 0.3) is 11.2 Å². The molecule has 0 saturated carbocycles. The molecule has 3 aromatic heterocycles. The number of hydrogen-bond acceptors (Lipinski definition) is 9. The SMILES string of the molecule is CC#CCn1c(N2CCC[C@@H](NC(=O)OC(C)(C)C)C2)nc2c1c(=O)n(Cc1nc(F)ccc1C(=O)OCCCCCC)c(=O)n2C. The van der Waals surface area contributed by atoms with Crippen LogP contribution in [0.5, 0.6) is 0 Å². The molecule has 0 bridgehead atoms. The summed E-state index contributed by atoms with van der Waals surface area (Å²) < 4.78 is 29.0. The number of nitrogens with one attached hydrogen (secondary N) is 1. The van der Waals surface area contributed by atoms with Crippen LogP contribution in [0.4, 0.5) is 15.1 Å². The second-order valence-corrected chi connectivity index (χ2v) is 12.6. The van der Waals surface area contributed by atoms with E-state index in [0.29, 0.717) is 25.5 Å². The number of aryl methyl sites for hydroxylation is 1. The molecule has 0 spiro atoms. The first kappa shape index (κ1) is 35.2. The summed E-state index contributed by atoms with van der Waals surface area (Å²) >= 11 is 0. The number of aromatic nitrogens is 5. The number of carbonyl (C=O) groups is 2. The van der Waals surface area contributed by atoms with E-state index in [0.717, 1.165) is 42.7 Å². The predicted octanol–water partition coefficient (Wildman–Crippen LogP) is 3.73. The maximum Gasteiger partial charge on any atom is 0.407 e.